The minimum Gasteiger partial charge on any atom is -0.487 e. The number of carbonyl (C=O) groups is 1. The minimum atomic E-state index is 0.240. The van der Waals surface area contributed by atoms with E-state index in [9.17, 15) is 4.79 Å². The highest BCUT2D eigenvalue weighted by atomic mass is 16.5. The van der Waals surface area contributed by atoms with Gasteiger partial charge < -0.3 is 9.30 Å². The monoisotopic (exact) mass is 282 g/mol. The van der Waals surface area contributed by atoms with Crippen molar-refractivity contribution in [2.24, 2.45) is 0 Å². The molecule has 0 N–H and O–H groups in total. The third-order valence-corrected chi connectivity index (χ3v) is 4.33. The van der Waals surface area contributed by atoms with Crippen LogP contribution in [0.15, 0.2) is 30.7 Å². The van der Waals surface area contributed by atoms with Crippen molar-refractivity contribution < 1.29 is 9.53 Å². The number of benzene rings is 1. The lowest BCUT2D eigenvalue weighted by Gasteiger charge is -2.18. The van der Waals surface area contributed by atoms with Gasteiger partial charge in [-0.05, 0) is 31.7 Å². The molecule has 2 aliphatic carbocycles. The Hall–Kier alpha value is -2.10. The molecule has 4 rings (SSSR count). The molecule has 108 valence electrons. The number of hydrogen-bond donors (Lipinski definition) is 0. The molecule has 0 saturated heterocycles. The zero-order valence-corrected chi connectivity index (χ0v) is 11.9. The fourth-order valence-corrected chi connectivity index (χ4v) is 3.06. The zero-order valence-electron chi connectivity index (χ0n) is 11.9. The van der Waals surface area contributed by atoms with E-state index < -0.39 is 0 Å². The minimum absolute atomic E-state index is 0.240. The van der Waals surface area contributed by atoms with Gasteiger partial charge in [-0.1, -0.05) is 12.1 Å². The maximum atomic E-state index is 12.0. The number of Topliss-reactive ketones (excluding diaryl/α,β-unsaturated/α-hetero) is 1. The second kappa shape index (κ2) is 5.02. The first-order chi connectivity index (χ1) is 10.3. The fraction of sp³-hybridized carbons (Fsp3) is 0.412. The number of ketones is 1. The van der Waals surface area contributed by atoms with E-state index in [1.165, 1.54) is 12.8 Å². The second-order valence-electron chi connectivity index (χ2n) is 5.87. The van der Waals surface area contributed by atoms with E-state index in [0.717, 1.165) is 35.4 Å². The molecule has 0 amide bonds. The molecule has 0 atom stereocenters. The summed E-state index contributed by atoms with van der Waals surface area (Å²) in [5.74, 6) is 1.09. The summed E-state index contributed by atoms with van der Waals surface area (Å²) in [6.07, 6.45) is 8.74. The molecule has 4 nitrogen and oxygen atoms in total. The number of carbonyl (C=O) groups excluding carboxylic acids is 1. The number of ether oxygens (including phenoxy) is 1. The number of imidazole rings is 1. The number of rotatable bonds is 4. The largest absolute Gasteiger partial charge is 0.487 e. The average Bonchev–Trinajstić information content (AvgIpc) is 3.24. The van der Waals surface area contributed by atoms with E-state index in [4.69, 9.17) is 4.74 Å². The molecule has 2 aromatic rings. The van der Waals surface area contributed by atoms with Crippen molar-refractivity contribution in [2.45, 2.75) is 44.8 Å². The summed E-state index contributed by atoms with van der Waals surface area (Å²) >= 11 is 0. The zero-order chi connectivity index (χ0) is 14.2. The highest BCUT2D eigenvalue weighted by Crippen LogP contribution is 2.36. The third kappa shape index (κ3) is 2.35. The van der Waals surface area contributed by atoms with Crippen LogP contribution >= 0.6 is 0 Å². The van der Waals surface area contributed by atoms with E-state index in [1.54, 1.807) is 0 Å². The topological polar surface area (TPSA) is 44.1 Å². The van der Waals surface area contributed by atoms with Crippen LogP contribution in [0, 0.1) is 0 Å². The van der Waals surface area contributed by atoms with Gasteiger partial charge in [0.1, 0.15) is 12.4 Å². The Morgan fingerprint density at radius 1 is 1.29 bits per heavy atom. The fourth-order valence-electron chi connectivity index (χ4n) is 3.06. The number of hydrogen-bond acceptors (Lipinski definition) is 3. The Labute approximate surface area is 123 Å². The van der Waals surface area contributed by atoms with Gasteiger partial charge in [0.25, 0.3) is 0 Å². The standard InChI is InChI=1S/C17H18N2O2/c20-16-5-1-4-15-14(16)3-2-6-17(15)21-10-13-9-18-11-19(13)12-7-8-12/h2-3,6,9,11-12H,1,4-5,7-8,10H2. The highest BCUT2D eigenvalue weighted by Gasteiger charge is 2.25. The smallest absolute Gasteiger partial charge is 0.163 e. The quantitative estimate of drug-likeness (QED) is 0.864. The van der Waals surface area contributed by atoms with Crippen LogP contribution in [0.1, 0.15) is 53.3 Å². The van der Waals surface area contributed by atoms with E-state index in [-0.39, 0.29) is 5.78 Å². The van der Waals surface area contributed by atoms with Gasteiger partial charge >= 0.3 is 0 Å². The van der Waals surface area contributed by atoms with Crippen LogP contribution in [0.25, 0.3) is 0 Å². The van der Waals surface area contributed by atoms with Gasteiger partial charge in [0.15, 0.2) is 5.78 Å². The molecule has 21 heavy (non-hydrogen) atoms. The summed E-state index contributed by atoms with van der Waals surface area (Å²) in [4.78, 5) is 16.2. The van der Waals surface area contributed by atoms with Crippen molar-refractivity contribution >= 4 is 5.78 Å². The van der Waals surface area contributed by atoms with Gasteiger partial charge in [0.05, 0.1) is 18.2 Å². The van der Waals surface area contributed by atoms with Gasteiger partial charge in [-0.15, -0.1) is 0 Å². The highest BCUT2D eigenvalue weighted by molar-refractivity contribution is 5.99. The molecule has 1 aromatic heterocycles. The Bertz CT molecular complexity index is 686. The van der Waals surface area contributed by atoms with Crippen molar-refractivity contribution in [1.82, 2.24) is 9.55 Å². The number of fused-ring (bicyclic) bond motifs is 1. The number of nitrogens with zero attached hydrogens (tertiary/aromatic N) is 2. The van der Waals surface area contributed by atoms with E-state index in [2.05, 4.69) is 9.55 Å². The van der Waals surface area contributed by atoms with Crippen LogP contribution in [-0.2, 0) is 13.0 Å². The normalized spacial score (nSPS) is 17.6. The van der Waals surface area contributed by atoms with E-state index >= 15 is 0 Å². The molecule has 0 unspecified atom stereocenters. The van der Waals surface area contributed by atoms with Gasteiger partial charge in [-0.25, -0.2) is 4.98 Å². The van der Waals surface area contributed by atoms with E-state index in [1.807, 2.05) is 30.7 Å². The molecule has 0 spiro atoms. The average molecular weight is 282 g/mol. The summed E-state index contributed by atoms with van der Waals surface area (Å²) < 4.78 is 8.21. The lowest BCUT2D eigenvalue weighted by molar-refractivity contribution is 0.0971. The van der Waals surface area contributed by atoms with Crippen molar-refractivity contribution in [2.75, 3.05) is 0 Å². The molecule has 0 radical (unpaired) electrons. The molecule has 0 bridgehead atoms. The molecule has 1 fully saturated rings. The van der Waals surface area contributed by atoms with Crippen LogP contribution < -0.4 is 4.74 Å². The lowest BCUT2D eigenvalue weighted by atomic mass is 9.90. The summed E-state index contributed by atoms with van der Waals surface area (Å²) in [6, 6.07) is 6.40. The van der Waals surface area contributed by atoms with Crippen LogP contribution in [0.3, 0.4) is 0 Å². The summed E-state index contributed by atoms with van der Waals surface area (Å²) in [5, 5.41) is 0. The first kappa shape index (κ1) is 12.6. The molecular formula is C17H18N2O2. The van der Waals surface area contributed by atoms with Gasteiger partial charge in [-0.3, -0.25) is 4.79 Å². The van der Waals surface area contributed by atoms with Gasteiger partial charge in [0, 0.05) is 23.6 Å². The molecule has 4 heteroatoms. The van der Waals surface area contributed by atoms with Crippen molar-refractivity contribution in [3.05, 3.63) is 47.5 Å². The van der Waals surface area contributed by atoms with Gasteiger partial charge in [-0.2, -0.15) is 0 Å². The molecule has 0 aliphatic heterocycles. The first-order valence-electron chi connectivity index (χ1n) is 7.61. The maximum absolute atomic E-state index is 12.0. The maximum Gasteiger partial charge on any atom is 0.163 e. The van der Waals surface area contributed by atoms with Gasteiger partial charge in [0.2, 0.25) is 0 Å². The summed E-state index contributed by atoms with van der Waals surface area (Å²) in [6.45, 7) is 0.515. The van der Waals surface area contributed by atoms with Crippen LogP contribution in [0.4, 0.5) is 0 Å². The Balaban J connectivity index is 1.56. The van der Waals surface area contributed by atoms with Crippen LogP contribution in [0.2, 0.25) is 0 Å². The van der Waals surface area contributed by atoms with Crippen molar-refractivity contribution in [3.63, 3.8) is 0 Å². The molecule has 1 heterocycles. The van der Waals surface area contributed by atoms with Crippen molar-refractivity contribution in [1.29, 1.82) is 0 Å². The second-order valence-corrected chi connectivity index (χ2v) is 5.87. The third-order valence-electron chi connectivity index (χ3n) is 4.33. The van der Waals surface area contributed by atoms with Crippen molar-refractivity contribution in [3.8, 4) is 5.75 Å². The Kier molecular flexibility index (Phi) is 3.02. The first-order valence-corrected chi connectivity index (χ1v) is 7.61. The molecule has 2 aliphatic rings. The lowest BCUT2D eigenvalue weighted by Crippen LogP contribution is -2.13. The van der Waals surface area contributed by atoms with Crippen LogP contribution in [-0.4, -0.2) is 15.3 Å². The predicted molar refractivity (Wildman–Crippen MR) is 78.5 cm³/mol. The Morgan fingerprint density at radius 3 is 3.05 bits per heavy atom. The molecular weight excluding hydrogens is 264 g/mol. The predicted octanol–water partition coefficient (Wildman–Crippen LogP) is 3.32. The van der Waals surface area contributed by atoms with E-state index in [0.29, 0.717) is 19.1 Å². The Morgan fingerprint density at radius 2 is 2.19 bits per heavy atom. The number of aromatic nitrogens is 2. The molecule has 1 saturated carbocycles. The SMILES string of the molecule is O=C1CCCc2c(OCc3cncn3C3CC3)cccc21. The van der Waals surface area contributed by atoms with Crippen LogP contribution in [0.5, 0.6) is 5.75 Å². The summed E-state index contributed by atoms with van der Waals surface area (Å²) in [5.41, 5.74) is 3.03. The summed E-state index contributed by atoms with van der Waals surface area (Å²) in [7, 11) is 0. The molecule has 1 aromatic carbocycles.